The molecule has 2 aromatic rings. The van der Waals surface area contributed by atoms with Gasteiger partial charge in [0.25, 0.3) is 11.5 Å². The van der Waals surface area contributed by atoms with E-state index in [2.05, 4.69) is 15.0 Å². The first-order chi connectivity index (χ1) is 11.1. The number of carbonyl (C=O) groups is 2. The molecule has 0 fully saturated rings. The number of ether oxygens (including phenoxy) is 1. The highest BCUT2D eigenvalue weighted by molar-refractivity contribution is 5.93. The molecule has 0 bridgehead atoms. The van der Waals surface area contributed by atoms with Gasteiger partial charge in [-0.25, -0.2) is 4.79 Å². The molecule has 0 aliphatic carbocycles. The highest BCUT2D eigenvalue weighted by Gasteiger charge is 2.07. The minimum atomic E-state index is -0.496. The second-order valence-electron chi connectivity index (χ2n) is 4.79. The highest BCUT2D eigenvalue weighted by Crippen LogP contribution is 1.99. The molecule has 2 rings (SSSR count). The number of esters is 1. The zero-order valence-electron chi connectivity index (χ0n) is 12.7. The summed E-state index contributed by atoms with van der Waals surface area (Å²) in [5.41, 5.74) is 0.635. The number of aromatic nitrogens is 2. The average Bonchev–Trinajstić information content (AvgIpc) is 2.60. The molecule has 1 N–H and O–H groups in total. The minimum absolute atomic E-state index is 0.192. The first kappa shape index (κ1) is 16.4. The smallest absolute Gasteiger partial charge is 0.339 e. The Balaban J connectivity index is 1.88. The lowest BCUT2D eigenvalue weighted by Gasteiger charge is -2.08. The zero-order chi connectivity index (χ0) is 16.7. The van der Waals surface area contributed by atoms with Gasteiger partial charge in [0.1, 0.15) is 0 Å². The SMILES string of the molecule is COC(=O)c1ccc(=O)n(CCCNC(=O)c2ccncc2)c1. The number of methoxy groups -OCH3 is 1. The van der Waals surface area contributed by atoms with Crippen molar-refractivity contribution in [2.75, 3.05) is 13.7 Å². The Kier molecular flexibility index (Phi) is 5.62. The number of hydrogen-bond donors (Lipinski definition) is 1. The van der Waals surface area contributed by atoms with Crippen molar-refractivity contribution in [1.82, 2.24) is 14.9 Å². The summed E-state index contributed by atoms with van der Waals surface area (Å²) in [5, 5.41) is 2.76. The van der Waals surface area contributed by atoms with E-state index in [1.54, 1.807) is 24.5 Å². The molecule has 7 heteroatoms. The predicted octanol–water partition coefficient (Wildman–Crippen LogP) is 0.850. The molecule has 2 heterocycles. The second-order valence-corrected chi connectivity index (χ2v) is 4.79. The lowest BCUT2D eigenvalue weighted by atomic mass is 10.2. The van der Waals surface area contributed by atoms with E-state index >= 15 is 0 Å². The fraction of sp³-hybridized carbons (Fsp3) is 0.250. The van der Waals surface area contributed by atoms with Gasteiger partial charge in [-0.1, -0.05) is 0 Å². The largest absolute Gasteiger partial charge is 0.465 e. The Morgan fingerprint density at radius 2 is 1.91 bits per heavy atom. The van der Waals surface area contributed by atoms with Crippen LogP contribution >= 0.6 is 0 Å². The molecule has 0 unspecified atom stereocenters. The molecule has 0 saturated carbocycles. The Morgan fingerprint density at radius 3 is 2.61 bits per heavy atom. The van der Waals surface area contributed by atoms with Gasteiger partial charge in [0, 0.05) is 43.3 Å². The summed E-state index contributed by atoms with van der Waals surface area (Å²) in [4.78, 5) is 38.9. The van der Waals surface area contributed by atoms with Crippen LogP contribution in [0.5, 0.6) is 0 Å². The van der Waals surface area contributed by atoms with E-state index < -0.39 is 5.97 Å². The van der Waals surface area contributed by atoms with Crippen LogP contribution in [0.1, 0.15) is 27.1 Å². The maximum Gasteiger partial charge on any atom is 0.339 e. The standard InChI is InChI=1S/C16H17N3O4/c1-23-16(22)13-3-4-14(20)19(11-13)10-2-7-18-15(21)12-5-8-17-9-6-12/h3-6,8-9,11H,2,7,10H2,1H3,(H,18,21). The summed E-state index contributed by atoms with van der Waals surface area (Å²) in [6.45, 7) is 0.802. The van der Waals surface area contributed by atoms with E-state index in [-0.39, 0.29) is 11.5 Å². The molecule has 0 saturated heterocycles. The fourth-order valence-corrected chi connectivity index (χ4v) is 2.00. The van der Waals surface area contributed by atoms with Gasteiger partial charge in [0.2, 0.25) is 0 Å². The van der Waals surface area contributed by atoms with Crippen LogP contribution in [0.4, 0.5) is 0 Å². The number of amides is 1. The summed E-state index contributed by atoms with van der Waals surface area (Å²) in [6, 6.07) is 6.00. The monoisotopic (exact) mass is 315 g/mol. The molecule has 0 aromatic carbocycles. The molecule has 0 aliphatic heterocycles. The number of hydrogen-bond acceptors (Lipinski definition) is 5. The molecular formula is C16H17N3O4. The number of nitrogens with zero attached hydrogens (tertiary/aromatic N) is 2. The van der Waals surface area contributed by atoms with Crippen molar-refractivity contribution >= 4 is 11.9 Å². The predicted molar refractivity (Wildman–Crippen MR) is 83.2 cm³/mol. The molecule has 120 valence electrons. The van der Waals surface area contributed by atoms with E-state index in [0.29, 0.717) is 30.6 Å². The topological polar surface area (TPSA) is 90.3 Å². The van der Waals surface area contributed by atoms with E-state index in [1.165, 1.54) is 30.0 Å². The van der Waals surface area contributed by atoms with Crippen molar-refractivity contribution in [2.24, 2.45) is 0 Å². The molecule has 23 heavy (non-hydrogen) atoms. The van der Waals surface area contributed by atoms with Gasteiger partial charge in [-0.3, -0.25) is 14.6 Å². The van der Waals surface area contributed by atoms with Crippen molar-refractivity contribution < 1.29 is 14.3 Å². The van der Waals surface area contributed by atoms with Crippen LogP contribution in [0.3, 0.4) is 0 Å². The van der Waals surface area contributed by atoms with E-state index in [1.807, 2.05) is 0 Å². The lowest BCUT2D eigenvalue weighted by Crippen LogP contribution is -2.27. The zero-order valence-corrected chi connectivity index (χ0v) is 12.7. The molecule has 7 nitrogen and oxygen atoms in total. The van der Waals surface area contributed by atoms with E-state index in [0.717, 1.165) is 0 Å². The number of pyridine rings is 2. The summed E-state index contributed by atoms with van der Waals surface area (Å²) < 4.78 is 6.04. The van der Waals surface area contributed by atoms with Crippen LogP contribution in [-0.4, -0.2) is 35.1 Å². The fourth-order valence-electron chi connectivity index (χ4n) is 2.00. The molecule has 0 atom stereocenters. The third-order valence-electron chi connectivity index (χ3n) is 3.21. The Labute approximate surface area is 132 Å². The third-order valence-corrected chi connectivity index (χ3v) is 3.21. The lowest BCUT2D eigenvalue weighted by molar-refractivity contribution is 0.0599. The quantitative estimate of drug-likeness (QED) is 0.630. The van der Waals surface area contributed by atoms with E-state index in [4.69, 9.17) is 0 Å². The number of aryl methyl sites for hydroxylation is 1. The molecule has 0 radical (unpaired) electrons. The number of nitrogens with one attached hydrogen (secondary N) is 1. The third kappa shape index (κ3) is 4.50. The van der Waals surface area contributed by atoms with Crippen molar-refractivity contribution in [3.05, 3.63) is 64.3 Å². The second kappa shape index (κ2) is 7.88. The number of rotatable bonds is 6. The van der Waals surface area contributed by atoms with Crippen LogP contribution in [-0.2, 0) is 11.3 Å². The molecule has 0 aliphatic rings. The van der Waals surface area contributed by atoms with Gasteiger partial charge in [-0.05, 0) is 24.6 Å². The van der Waals surface area contributed by atoms with Crippen molar-refractivity contribution in [1.29, 1.82) is 0 Å². The summed E-state index contributed by atoms with van der Waals surface area (Å²) in [6.07, 6.45) is 5.11. The molecule has 0 spiro atoms. The Hall–Kier alpha value is -2.96. The van der Waals surface area contributed by atoms with Crippen LogP contribution < -0.4 is 10.9 Å². The van der Waals surface area contributed by atoms with Gasteiger partial charge in [0.05, 0.1) is 12.7 Å². The van der Waals surface area contributed by atoms with Gasteiger partial charge < -0.3 is 14.6 Å². The van der Waals surface area contributed by atoms with Gasteiger partial charge in [-0.15, -0.1) is 0 Å². The first-order valence-electron chi connectivity index (χ1n) is 7.09. The van der Waals surface area contributed by atoms with Crippen LogP contribution in [0, 0.1) is 0 Å². The summed E-state index contributed by atoms with van der Waals surface area (Å²) in [5.74, 6) is -0.687. The van der Waals surface area contributed by atoms with Crippen LogP contribution in [0.15, 0.2) is 47.7 Å². The van der Waals surface area contributed by atoms with Crippen LogP contribution in [0.2, 0.25) is 0 Å². The Bertz CT molecular complexity index is 740. The maximum absolute atomic E-state index is 11.8. The summed E-state index contributed by atoms with van der Waals surface area (Å²) >= 11 is 0. The van der Waals surface area contributed by atoms with Crippen molar-refractivity contribution in [2.45, 2.75) is 13.0 Å². The first-order valence-corrected chi connectivity index (χ1v) is 7.09. The van der Waals surface area contributed by atoms with Gasteiger partial charge in [0.15, 0.2) is 0 Å². The number of carbonyl (C=O) groups excluding carboxylic acids is 2. The Morgan fingerprint density at radius 1 is 1.17 bits per heavy atom. The minimum Gasteiger partial charge on any atom is -0.465 e. The molecular weight excluding hydrogens is 298 g/mol. The van der Waals surface area contributed by atoms with Crippen molar-refractivity contribution in [3.63, 3.8) is 0 Å². The van der Waals surface area contributed by atoms with Gasteiger partial charge in [-0.2, -0.15) is 0 Å². The van der Waals surface area contributed by atoms with E-state index in [9.17, 15) is 14.4 Å². The highest BCUT2D eigenvalue weighted by atomic mass is 16.5. The maximum atomic E-state index is 11.8. The average molecular weight is 315 g/mol. The normalized spacial score (nSPS) is 10.1. The molecule has 1 amide bonds. The van der Waals surface area contributed by atoms with Crippen molar-refractivity contribution in [3.8, 4) is 0 Å². The van der Waals surface area contributed by atoms with Crippen LogP contribution in [0.25, 0.3) is 0 Å². The van der Waals surface area contributed by atoms with Gasteiger partial charge >= 0.3 is 5.97 Å². The molecule has 2 aromatic heterocycles. The summed E-state index contributed by atoms with van der Waals surface area (Å²) in [7, 11) is 1.28.